The number of nitrogens with two attached hydrogens (primary N) is 1. The minimum atomic E-state index is -0.503. The van der Waals surface area contributed by atoms with Crippen molar-refractivity contribution >= 4 is 46.1 Å². The van der Waals surface area contributed by atoms with Crippen LogP contribution in [0, 0.1) is 5.92 Å². The number of thioether (sulfide) groups is 1. The highest BCUT2D eigenvalue weighted by Crippen LogP contribution is 2.29. The molecule has 1 unspecified atom stereocenters. The van der Waals surface area contributed by atoms with Gasteiger partial charge in [-0.25, -0.2) is 9.59 Å². The molecule has 1 fully saturated rings. The number of nitrogens with one attached hydrogen (secondary N) is 1. The topological polar surface area (TPSA) is 128 Å². The summed E-state index contributed by atoms with van der Waals surface area (Å²) in [5, 5.41) is 11.3. The summed E-state index contributed by atoms with van der Waals surface area (Å²) >= 11 is 2.78. The molecule has 1 aromatic heterocycles. The fourth-order valence-corrected chi connectivity index (χ4v) is 4.63. The Balaban J connectivity index is 1.51. The van der Waals surface area contributed by atoms with Crippen molar-refractivity contribution in [3.05, 3.63) is 35.4 Å². The van der Waals surface area contributed by atoms with E-state index in [-0.39, 0.29) is 17.8 Å². The number of urea groups is 1. The predicted octanol–water partition coefficient (Wildman–Crippen LogP) is 2.35. The average molecular weight is 436 g/mol. The van der Waals surface area contributed by atoms with E-state index in [0.29, 0.717) is 36.0 Å². The summed E-state index contributed by atoms with van der Waals surface area (Å²) in [7, 11) is 1.35. The standard InChI is InChI=1S/C18H21N5O4S2/c1-27-15(25)12-6-4-11(5-7-12)10-28-18-22-21-17(29-18)20-14(24)13-3-2-8-23(9-13)16(19)26/h4-7,13H,2-3,8-10H2,1H3,(H2,19,26)(H,20,21,24). The van der Waals surface area contributed by atoms with Crippen molar-refractivity contribution in [3.8, 4) is 0 Å². The van der Waals surface area contributed by atoms with Crippen LogP contribution in [0.3, 0.4) is 0 Å². The van der Waals surface area contributed by atoms with Crippen LogP contribution < -0.4 is 11.1 Å². The van der Waals surface area contributed by atoms with Crippen molar-refractivity contribution in [1.82, 2.24) is 15.1 Å². The molecule has 0 spiro atoms. The molecule has 0 saturated carbocycles. The van der Waals surface area contributed by atoms with Crippen LogP contribution in [-0.2, 0) is 15.3 Å². The third kappa shape index (κ3) is 5.67. The smallest absolute Gasteiger partial charge is 0.337 e. The Morgan fingerprint density at radius 3 is 2.76 bits per heavy atom. The van der Waals surface area contributed by atoms with Gasteiger partial charge < -0.3 is 20.7 Å². The van der Waals surface area contributed by atoms with Gasteiger partial charge in [0.1, 0.15) is 0 Å². The van der Waals surface area contributed by atoms with Gasteiger partial charge in [-0.2, -0.15) is 0 Å². The zero-order chi connectivity index (χ0) is 20.8. The van der Waals surface area contributed by atoms with E-state index in [1.807, 2.05) is 12.1 Å². The lowest BCUT2D eigenvalue weighted by molar-refractivity contribution is -0.121. The van der Waals surface area contributed by atoms with Crippen LogP contribution >= 0.6 is 23.1 Å². The normalized spacial score (nSPS) is 16.3. The monoisotopic (exact) mass is 435 g/mol. The van der Waals surface area contributed by atoms with Crippen LogP contribution in [0.25, 0.3) is 0 Å². The van der Waals surface area contributed by atoms with Crippen molar-refractivity contribution in [1.29, 1.82) is 0 Å². The number of benzene rings is 1. The van der Waals surface area contributed by atoms with Crippen LogP contribution in [0.2, 0.25) is 0 Å². The number of likely N-dealkylation sites (tertiary alicyclic amines) is 1. The molecule has 11 heteroatoms. The first-order valence-electron chi connectivity index (χ1n) is 8.95. The summed E-state index contributed by atoms with van der Waals surface area (Å²) in [5.74, 6) is -0.197. The van der Waals surface area contributed by atoms with Crippen LogP contribution in [0.1, 0.15) is 28.8 Å². The number of nitrogens with zero attached hydrogens (tertiary/aromatic N) is 3. The Bertz CT molecular complexity index is 887. The summed E-state index contributed by atoms with van der Waals surface area (Å²) in [6, 6.07) is 6.64. The number of rotatable bonds is 6. The van der Waals surface area contributed by atoms with Gasteiger partial charge in [0.25, 0.3) is 0 Å². The second-order valence-electron chi connectivity index (χ2n) is 6.46. The van der Waals surface area contributed by atoms with Crippen LogP contribution in [0.5, 0.6) is 0 Å². The molecule has 154 valence electrons. The van der Waals surface area contributed by atoms with E-state index in [9.17, 15) is 14.4 Å². The zero-order valence-corrected chi connectivity index (χ0v) is 17.4. The first-order valence-corrected chi connectivity index (χ1v) is 10.7. The highest BCUT2D eigenvalue weighted by molar-refractivity contribution is 8.00. The maximum atomic E-state index is 12.4. The van der Waals surface area contributed by atoms with Crippen LogP contribution in [0.15, 0.2) is 28.6 Å². The molecule has 1 atom stereocenters. The number of carbonyl (C=O) groups is 3. The largest absolute Gasteiger partial charge is 0.465 e. The van der Waals surface area contributed by atoms with Crippen molar-refractivity contribution in [3.63, 3.8) is 0 Å². The molecule has 29 heavy (non-hydrogen) atoms. The van der Waals surface area contributed by atoms with Crippen LogP contribution in [-0.4, -0.2) is 53.2 Å². The molecule has 3 amide bonds. The summed E-state index contributed by atoms with van der Waals surface area (Å²) in [6.45, 7) is 0.905. The minimum absolute atomic E-state index is 0.179. The number of aromatic nitrogens is 2. The van der Waals surface area contributed by atoms with E-state index in [0.717, 1.165) is 16.3 Å². The third-order valence-electron chi connectivity index (χ3n) is 4.48. The van der Waals surface area contributed by atoms with E-state index in [1.165, 1.54) is 35.1 Å². The summed E-state index contributed by atoms with van der Waals surface area (Å²) in [6.07, 6.45) is 1.45. The summed E-state index contributed by atoms with van der Waals surface area (Å²) < 4.78 is 5.40. The number of carbonyl (C=O) groups excluding carboxylic acids is 3. The summed E-state index contributed by atoms with van der Waals surface area (Å²) in [4.78, 5) is 36.7. The second kappa shape index (κ2) is 9.70. The molecular formula is C18H21N5O4S2. The number of hydrogen-bond acceptors (Lipinski definition) is 8. The Morgan fingerprint density at radius 1 is 1.31 bits per heavy atom. The van der Waals surface area contributed by atoms with Gasteiger partial charge in [0.2, 0.25) is 11.0 Å². The molecular weight excluding hydrogens is 414 g/mol. The SMILES string of the molecule is COC(=O)c1ccc(CSc2nnc(NC(=O)C3CCCN(C(N)=O)C3)s2)cc1. The molecule has 3 rings (SSSR count). The van der Waals surface area contributed by atoms with Crippen molar-refractivity contribution < 1.29 is 19.1 Å². The van der Waals surface area contributed by atoms with Gasteiger partial charge in [-0.3, -0.25) is 4.79 Å². The van der Waals surface area contributed by atoms with E-state index in [2.05, 4.69) is 20.3 Å². The first-order chi connectivity index (χ1) is 14.0. The van der Waals surface area contributed by atoms with Crippen LogP contribution in [0.4, 0.5) is 9.93 Å². The highest BCUT2D eigenvalue weighted by Gasteiger charge is 2.28. The van der Waals surface area contributed by atoms with Gasteiger partial charge in [-0.15, -0.1) is 10.2 Å². The number of primary amides is 1. The molecule has 2 aromatic rings. The van der Waals surface area contributed by atoms with Gasteiger partial charge in [-0.05, 0) is 30.5 Å². The van der Waals surface area contributed by atoms with E-state index in [1.54, 1.807) is 12.1 Å². The molecule has 1 aromatic carbocycles. The van der Waals surface area contributed by atoms with E-state index in [4.69, 9.17) is 5.73 Å². The number of piperidine rings is 1. The molecule has 3 N–H and O–H groups in total. The molecule has 1 aliphatic rings. The van der Waals surface area contributed by atoms with Gasteiger partial charge in [0, 0.05) is 18.8 Å². The zero-order valence-electron chi connectivity index (χ0n) is 15.8. The lowest BCUT2D eigenvalue weighted by Crippen LogP contribution is -2.46. The first kappa shape index (κ1) is 21.1. The molecule has 0 aliphatic carbocycles. The van der Waals surface area contributed by atoms with Gasteiger partial charge in [0.15, 0.2) is 4.34 Å². The number of esters is 1. The summed E-state index contributed by atoms with van der Waals surface area (Å²) in [5.41, 5.74) is 6.83. The van der Waals surface area contributed by atoms with Crippen molar-refractivity contribution in [2.45, 2.75) is 22.9 Å². The minimum Gasteiger partial charge on any atom is -0.465 e. The van der Waals surface area contributed by atoms with E-state index < -0.39 is 6.03 Å². The molecule has 0 bridgehead atoms. The molecule has 1 aliphatic heterocycles. The molecule has 0 radical (unpaired) electrons. The Kier molecular flexibility index (Phi) is 7.04. The number of anilines is 1. The number of methoxy groups -OCH3 is 1. The maximum absolute atomic E-state index is 12.4. The average Bonchev–Trinajstić information content (AvgIpc) is 3.19. The predicted molar refractivity (Wildman–Crippen MR) is 110 cm³/mol. The van der Waals surface area contributed by atoms with Crippen molar-refractivity contribution in [2.75, 3.05) is 25.5 Å². The highest BCUT2D eigenvalue weighted by atomic mass is 32.2. The van der Waals surface area contributed by atoms with Gasteiger partial charge >= 0.3 is 12.0 Å². The number of hydrogen-bond donors (Lipinski definition) is 2. The Morgan fingerprint density at radius 2 is 2.07 bits per heavy atom. The fraction of sp³-hybridized carbons (Fsp3) is 0.389. The second-order valence-corrected chi connectivity index (χ2v) is 8.66. The number of amides is 3. The maximum Gasteiger partial charge on any atom is 0.337 e. The quantitative estimate of drug-likeness (QED) is 0.405. The Labute approximate surface area is 176 Å². The molecule has 2 heterocycles. The fourth-order valence-electron chi connectivity index (χ4n) is 2.92. The van der Waals surface area contributed by atoms with E-state index >= 15 is 0 Å². The lowest BCUT2D eigenvalue weighted by atomic mass is 9.97. The van der Waals surface area contributed by atoms with Gasteiger partial charge in [0.05, 0.1) is 18.6 Å². The molecule has 9 nitrogen and oxygen atoms in total. The third-order valence-corrected chi connectivity index (χ3v) is 6.52. The van der Waals surface area contributed by atoms with Crippen molar-refractivity contribution in [2.24, 2.45) is 11.7 Å². The Hall–Kier alpha value is -2.66. The lowest BCUT2D eigenvalue weighted by Gasteiger charge is -2.30. The number of ether oxygens (including phenoxy) is 1. The molecule has 1 saturated heterocycles. The van der Waals surface area contributed by atoms with Gasteiger partial charge in [-0.1, -0.05) is 35.2 Å².